The highest BCUT2D eigenvalue weighted by Gasteiger charge is 2.16. The molecule has 1 fully saturated rings. The van der Waals surface area contributed by atoms with Crippen molar-refractivity contribution in [3.8, 4) is 0 Å². The first kappa shape index (κ1) is 13.4. The fourth-order valence-corrected chi connectivity index (χ4v) is 3.46. The lowest BCUT2D eigenvalue weighted by Gasteiger charge is -2.22. The lowest BCUT2D eigenvalue weighted by atomic mass is 9.92. The van der Waals surface area contributed by atoms with Gasteiger partial charge in [0.05, 0.1) is 6.42 Å². The Bertz CT molecular complexity index is 399. The van der Waals surface area contributed by atoms with Crippen molar-refractivity contribution in [3.05, 3.63) is 35.4 Å². The van der Waals surface area contributed by atoms with Gasteiger partial charge in [0.25, 0.3) is 0 Å². The number of aliphatic carboxylic acids is 1. The Labute approximate surface area is 112 Å². The standard InChI is InChI=1S/C14H19NO2S/c15-13(9-14(16)17)12-3-1-10(2-4-12)11-5-7-18-8-6-11/h1-4,11,13H,5-9,15H2,(H,16,17). The minimum absolute atomic E-state index is 0.0145. The zero-order valence-corrected chi connectivity index (χ0v) is 11.2. The third-order valence-corrected chi connectivity index (χ3v) is 4.50. The molecule has 3 N–H and O–H groups in total. The molecular formula is C14H19NO2S. The number of carbonyl (C=O) groups is 1. The predicted molar refractivity (Wildman–Crippen MR) is 74.9 cm³/mol. The van der Waals surface area contributed by atoms with Crippen LogP contribution in [0.3, 0.4) is 0 Å². The van der Waals surface area contributed by atoms with Gasteiger partial charge in [0.1, 0.15) is 0 Å². The van der Waals surface area contributed by atoms with Crippen molar-refractivity contribution in [1.82, 2.24) is 0 Å². The van der Waals surface area contributed by atoms with Crippen LogP contribution in [-0.2, 0) is 4.79 Å². The number of carboxylic acid groups (broad SMARTS) is 1. The molecule has 1 aliphatic heterocycles. The lowest BCUT2D eigenvalue weighted by Crippen LogP contribution is -2.15. The highest BCUT2D eigenvalue weighted by molar-refractivity contribution is 7.99. The minimum atomic E-state index is -0.851. The molecule has 2 rings (SSSR count). The van der Waals surface area contributed by atoms with E-state index in [0.29, 0.717) is 5.92 Å². The van der Waals surface area contributed by atoms with Gasteiger partial charge in [-0.3, -0.25) is 4.79 Å². The molecule has 0 saturated carbocycles. The largest absolute Gasteiger partial charge is 0.481 e. The summed E-state index contributed by atoms with van der Waals surface area (Å²) in [4.78, 5) is 10.6. The number of thioether (sulfide) groups is 1. The van der Waals surface area contributed by atoms with E-state index in [1.54, 1.807) is 0 Å². The fourth-order valence-electron chi connectivity index (χ4n) is 2.35. The molecule has 1 aromatic carbocycles. The fraction of sp³-hybridized carbons (Fsp3) is 0.500. The van der Waals surface area contributed by atoms with Crippen LogP contribution < -0.4 is 5.73 Å². The molecule has 0 amide bonds. The highest BCUT2D eigenvalue weighted by Crippen LogP contribution is 2.31. The van der Waals surface area contributed by atoms with E-state index in [0.717, 1.165) is 5.56 Å². The second-order valence-electron chi connectivity index (χ2n) is 4.76. The number of carboxylic acids is 1. The van der Waals surface area contributed by atoms with Gasteiger partial charge in [-0.2, -0.15) is 11.8 Å². The molecule has 1 aliphatic rings. The molecule has 3 nitrogen and oxygen atoms in total. The van der Waals surface area contributed by atoms with Gasteiger partial charge in [-0.15, -0.1) is 0 Å². The van der Waals surface area contributed by atoms with Crippen LogP contribution in [0, 0.1) is 0 Å². The summed E-state index contributed by atoms with van der Waals surface area (Å²) in [5.74, 6) is 2.29. The van der Waals surface area contributed by atoms with E-state index in [1.165, 1.54) is 29.9 Å². The van der Waals surface area contributed by atoms with Crippen molar-refractivity contribution in [2.75, 3.05) is 11.5 Å². The number of hydrogen-bond donors (Lipinski definition) is 2. The van der Waals surface area contributed by atoms with Gasteiger partial charge in [-0.1, -0.05) is 24.3 Å². The van der Waals surface area contributed by atoms with Gasteiger partial charge in [-0.05, 0) is 41.4 Å². The Morgan fingerprint density at radius 1 is 1.33 bits per heavy atom. The van der Waals surface area contributed by atoms with Crippen LogP contribution in [0.25, 0.3) is 0 Å². The van der Waals surface area contributed by atoms with E-state index in [1.807, 2.05) is 23.9 Å². The average Bonchev–Trinajstić information content (AvgIpc) is 2.39. The Morgan fingerprint density at radius 3 is 2.50 bits per heavy atom. The molecule has 18 heavy (non-hydrogen) atoms. The van der Waals surface area contributed by atoms with Crippen molar-refractivity contribution < 1.29 is 9.90 Å². The average molecular weight is 265 g/mol. The van der Waals surface area contributed by atoms with Crippen LogP contribution in [-0.4, -0.2) is 22.6 Å². The van der Waals surface area contributed by atoms with Crippen LogP contribution in [0.1, 0.15) is 42.3 Å². The summed E-state index contributed by atoms with van der Waals surface area (Å²) in [5, 5.41) is 8.72. The third-order valence-electron chi connectivity index (χ3n) is 3.45. The maximum Gasteiger partial charge on any atom is 0.305 e. The Kier molecular flexibility index (Phi) is 4.66. The van der Waals surface area contributed by atoms with Crippen LogP contribution in [0.15, 0.2) is 24.3 Å². The van der Waals surface area contributed by atoms with Gasteiger partial charge >= 0.3 is 5.97 Å². The smallest absolute Gasteiger partial charge is 0.305 e. The summed E-state index contributed by atoms with van der Waals surface area (Å²) in [6.45, 7) is 0. The summed E-state index contributed by atoms with van der Waals surface area (Å²) in [7, 11) is 0. The minimum Gasteiger partial charge on any atom is -0.481 e. The molecule has 1 atom stereocenters. The van der Waals surface area contributed by atoms with Crippen LogP contribution in [0.2, 0.25) is 0 Å². The summed E-state index contributed by atoms with van der Waals surface area (Å²) in [6.07, 6.45) is 2.47. The first-order valence-corrected chi connectivity index (χ1v) is 7.47. The third kappa shape index (κ3) is 3.50. The molecule has 1 heterocycles. The molecule has 0 aromatic heterocycles. The molecule has 1 aromatic rings. The number of hydrogen-bond acceptors (Lipinski definition) is 3. The summed E-state index contributed by atoms with van der Waals surface area (Å²) in [6, 6.07) is 7.77. The van der Waals surface area contributed by atoms with Gasteiger partial charge in [0, 0.05) is 6.04 Å². The van der Waals surface area contributed by atoms with E-state index < -0.39 is 12.0 Å². The first-order chi connectivity index (χ1) is 8.66. The topological polar surface area (TPSA) is 63.3 Å². The van der Waals surface area contributed by atoms with Crippen LogP contribution in [0.4, 0.5) is 0 Å². The second kappa shape index (κ2) is 6.25. The van der Waals surface area contributed by atoms with Gasteiger partial charge < -0.3 is 10.8 Å². The quantitative estimate of drug-likeness (QED) is 0.878. The Morgan fingerprint density at radius 2 is 1.94 bits per heavy atom. The number of rotatable bonds is 4. The summed E-state index contributed by atoms with van der Waals surface area (Å²) < 4.78 is 0. The van der Waals surface area contributed by atoms with E-state index in [9.17, 15) is 4.79 Å². The predicted octanol–water partition coefficient (Wildman–Crippen LogP) is 2.77. The van der Waals surface area contributed by atoms with Crippen LogP contribution in [0.5, 0.6) is 0 Å². The van der Waals surface area contributed by atoms with Gasteiger partial charge in [0.2, 0.25) is 0 Å². The molecule has 0 radical (unpaired) electrons. The molecule has 0 aliphatic carbocycles. The summed E-state index contributed by atoms with van der Waals surface area (Å²) >= 11 is 2.02. The van der Waals surface area contributed by atoms with Gasteiger partial charge in [-0.25, -0.2) is 0 Å². The highest BCUT2D eigenvalue weighted by atomic mass is 32.2. The Hall–Kier alpha value is -1.00. The van der Waals surface area contributed by atoms with E-state index in [4.69, 9.17) is 10.8 Å². The lowest BCUT2D eigenvalue weighted by molar-refractivity contribution is -0.137. The molecule has 1 saturated heterocycles. The molecule has 1 unspecified atom stereocenters. The van der Waals surface area contributed by atoms with E-state index >= 15 is 0 Å². The van der Waals surface area contributed by atoms with Crippen LogP contribution >= 0.6 is 11.8 Å². The maximum absolute atomic E-state index is 10.6. The van der Waals surface area contributed by atoms with Gasteiger partial charge in [0.15, 0.2) is 0 Å². The van der Waals surface area contributed by atoms with Crippen molar-refractivity contribution in [2.24, 2.45) is 5.73 Å². The van der Waals surface area contributed by atoms with Crippen molar-refractivity contribution in [3.63, 3.8) is 0 Å². The second-order valence-corrected chi connectivity index (χ2v) is 5.98. The van der Waals surface area contributed by atoms with Crippen molar-refractivity contribution in [1.29, 1.82) is 0 Å². The van der Waals surface area contributed by atoms with Crippen molar-refractivity contribution in [2.45, 2.75) is 31.2 Å². The zero-order valence-electron chi connectivity index (χ0n) is 10.3. The SMILES string of the molecule is NC(CC(=O)O)c1ccc(C2CCSCC2)cc1. The zero-order chi connectivity index (χ0) is 13.0. The summed E-state index contributed by atoms with van der Waals surface area (Å²) in [5.41, 5.74) is 8.11. The normalized spacial score (nSPS) is 18.5. The molecule has 0 bridgehead atoms. The molecule has 4 heteroatoms. The van der Waals surface area contributed by atoms with Crippen molar-refractivity contribution >= 4 is 17.7 Å². The number of benzene rings is 1. The maximum atomic E-state index is 10.6. The Balaban J connectivity index is 2.02. The van der Waals surface area contributed by atoms with E-state index in [-0.39, 0.29) is 6.42 Å². The number of nitrogens with two attached hydrogens (primary N) is 1. The molecule has 98 valence electrons. The monoisotopic (exact) mass is 265 g/mol. The van der Waals surface area contributed by atoms with E-state index in [2.05, 4.69) is 12.1 Å². The first-order valence-electron chi connectivity index (χ1n) is 6.32. The molecular weight excluding hydrogens is 246 g/mol. The molecule has 0 spiro atoms.